The Bertz CT molecular complexity index is 828. The molecule has 0 spiro atoms. The molecule has 1 heterocycles. The maximum atomic E-state index is 13.6. The van der Waals surface area contributed by atoms with E-state index in [1.807, 2.05) is 6.07 Å². The molecule has 1 amide bonds. The van der Waals surface area contributed by atoms with Gasteiger partial charge in [-0.15, -0.1) is 0 Å². The van der Waals surface area contributed by atoms with Gasteiger partial charge in [-0.25, -0.2) is 4.39 Å². The van der Waals surface area contributed by atoms with Crippen LogP contribution in [0.15, 0.2) is 42.5 Å². The summed E-state index contributed by atoms with van der Waals surface area (Å²) in [5, 5.41) is 12.9. The van der Waals surface area contributed by atoms with Crippen molar-refractivity contribution >= 4 is 5.91 Å². The fourth-order valence-electron chi connectivity index (χ4n) is 3.85. The normalized spacial score (nSPS) is 17.1. The quantitative estimate of drug-likeness (QED) is 0.707. The number of nitrogens with one attached hydrogen (secondary N) is 1. The molecule has 0 unspecified atom stereocenters. The Labute approximate surface area is 171 Å². The lowest BCUT2D eigenvalue weighted by Crippen LogP contribution is -2.35. The first-order valence-corrected chi connectivity index (χ1v) is 10.1. The number of benzene rings is 2. The molecule has 1 aliphatic heterocycles. The number of piperidine rings is 1. The smallest absolute Gasteiger partial charge is 0.220 e. The third kappa shape index (κ3) is 6.19. The van der Waals surface area contributed by atoms with E-state index >= 15 is 0 Å². The molecule has 1 aliphatic rings. The third-order valence-electron chi connectivity index (χ3n) is 5.50. The summed E-state index contributed by atoms with van der Waals surface area (Å²) < 4.78 is 18.9. The van der Waals surface area contributed by atoms with Gasteiger partial charge in [-0.1, -0.05) is 18.2 Å². The average Bonchev–Trinajstić information content (AvgIpc) is 2.73. The number of phenols is 1. The van der Waals surface area contributed by atoms with E-state index in [-0.39, 0.29) is 24.0 Å². The highest BCUT2D eigenvalue weighted by Gasteiger charge is 2.21. The predicted molar refractivity (Wildman–Crippen MR) is 110 cm³/mol. The van der Waals surface area contributed by atoms with Gasteiger partial charge in [-0.05, 0) is 56.0 Å². The molecule has 1 fully saturated rings. The minimum Gasteiger partial charge on any atom is -0.508 e. The number of phenolic OH excluding ortho intramolecular Hbond substituents is 1. The number of carbonyl (C=O) groups is 1. The SMILES string of the molecule is COc1ccc(O)c(CN2CCC[C@H](CCC(=O)NCc3ccccc3F)C2)c1. The van der Waals surface area contributed by atoms with Gasteiger partial charge < -0.3 is 15.2 Å². The Morgan fingerprint density at radius 3 is 2.90 bits per heavy atom. The van der Waals surface area contributed by atoms with Crippen LogP contribution in [0.1, 0.15) is 36.8 Å². The van der Waals surface area contributed by atoms with Gasteiger partial charge in [0, 0.05) is 37.2 Å². The number of amides is 1. The largest absolute Gasteiger partial charge is 0.508 e. The third-order valence-corrected chi connectivity index (χ3v) is 5.50. The molecule has 2 N–H and O–H groups in total. The number of aromatic hydroxyl groups is 1. The molecule has 0 saturated carbocycles. The topological polar surface area (TPSA) is 61.8 Å². The number of carbonyl (C=O) groups excluding carboxylic acids is 1. The molecular weight excluding hydrogens is 371 g/mol. The van der Waals surface area contributed by atoms with E-state index in [9.17, 15) is 14.3 Å². The first kappa shape index (κ1) is 21.1. The molecule has 156 valence electrons. The van der Waals surface area contributed by atoms with Crippen LogP contribution in [0, 0.1) is 11.7 Å². The Kier molecular flexibility index (Phi) is 7.47. The molecule has 1 atom stereocenters. The summed E-state index contributed by atoms with van der Waals surface area (Å²) in [5.74, 6) is 1.11. The number of ether oxygens (including phenoxy) is 1. The van der Waals surface area contributed by atoms with Crippen molar-refractivity contribution in [3.8, 4) is 11.5 Å². The molecule has 0 bridgehead atoms. The lowest BCUT2D eigenvalue weighted by molar-refractivity contribution is -0.121. The number of hydrogen-bond donors (Lipinski definition) is 2. The molecule has 29 heavy (non-hydrogen) atoms. The molecule has 2 aromatic rings. The molecule has 1 saturated heterocycles. The van der Waals surface area contributed by atoms with Crippen LogP contribution in [0.4, 0.5) is 4.39 Å². The zero-order chi connectivity index (χ0) is 20.6. The molecule has 2 aromatic carbocycles. The predicted octanol–water partition coefficient (Wildman–Crippen LogP) is 3.85. The van der Waals surface area contributed by atoms with Gasteiger partial charge in [0.2, 0.25) is 5.91 Å². The number of hydrogen-bond acceptors (Lipinski definition) is 4. The fourth-order valence-corrected chi connectivity index (χ4v) is 3.85. The van der Waals surface area contributed by atoms with E-state index < -0.39 is 0 Å². The van der Waals surface area contributed by atoms with Gasteiger partial charge in [0.05, 0.1) is 7.11 Å². The van der Waals surface area contributed by atoms with Crippen molar-refractivity contribution in [3.05, 3.63) is 59.4 Å². The summed E-state index contributed by atoms with van der Waals surface area (Å²) in [5.41, 5.74) is 1.36. The van der Waals surface area contributed by atoms with Crippen molar-refractivity contribution in [2.24, 2.45) is 5.92 Å². The van der Waals surface area contributed by atoms with E-state index in [0.717, 1.165) is 43.7 Å². The zero-order valence-corrected chi connectivity index (χ0v) is 16.9. The highest BCUT2D eigenvalue weighted by atomic mass is 19.1. The first-order chi connectivity index (χ1) is 14.0. The van der Waals surface area contributed by atoms with Gasteiger partial charge in [-0.2, -0.15) is 0 Å². The van der Waals surface area contributed by atoms with Crippen molar-refractivity contribution in [1.29, 1.82) is 0 Å². The van der Waals surface area contributed by atoms with Gasteiger partial charge in [0.15, 0.2) is 0 Å². The Balaban J connectivity index is 1.45. The molecule has 0 aliphatic carbocycles. The summed E-state index contributed by atoms with van der Waals surface area (Å²) in [6.07, 6.45) is 3.43. The standard InChI is InChI=1S/C23H29FN2O3/c1-29-20-9-10-22(27)19(13-20)16-26-12-4-5-17(15-26)8-11-23(28)25-14-18-6-2-3-7-21(18)24/h2-3,6-7,9-10,13,17,27H,4-5,8,11-12,14-16H2,1H3,(H,25,28)/t17-/m1/s1. The van der Waals surface area contributed by atoms with Gasteiger partial charge >= 0.3 is 0 Å². The van der Waals surface area contributed by atoms with Crippen LogP contribution in [0.3, 0.4) is 0 Å². The average molecular weight is 400 g/mol. The number of nitrogens with zero attached hydrogens (tertiary/aromatic N) is 1. The van der Waals surface area contributed by atoms with Gasteiger partial charge in [0.25, 0.3) is 0 Å². The second kappa shape index (κ2) is 10.3. The molecule has 6 heteroatoms. The highest BCUT2D eigenvalue weighted by molar-refractivity contribution is 5.75. The maximum absolute atomic E-state index is 13.6. The number of rotatable bonds is 8. The summed E-state index contributed by atoms with van der Waals surface area (Å²) in [4.78, 5) is 14.5. The molecule has 0 radical (unpaired) electrons. The van der Waals surface area contributed by atoms with Crippen molar-refractivity contribution in [1.82, 2.24) is 10.2 Å². The van der Waals surface area contributed by atoms with E-state index in [1.54, 1.807) is 37.4 Å². The molecular formula is C23H29FN2O3. The van der Waals surface area contributed by atoms with Gasteiger partial charge in [-0.3, -0.25) is 9.69 Å². The van der Waals surface area contributed by atoms with Crippen LogP contribution in [0.2, 0.25) is 0 Å². The minimum absolute atomic E-state index is 0.0455. The van der Waals surface area contributed by atoms with E-state index in [4.69, 9.17) is 4.74 Å². The maximum Gasteiger partial charge on any atom is 0.220 e. The van der Waals surface area contributed by atoms with Crippen LogP contribution in [-0.2, 0) is 17.9 Å². The Hall–Kier alpha value is -2.60. The summed E-state index contributed by atoms with van der Waals surface area (Å²) in [6, 6.07) is 11.8. The lowest BCUT2D eigenvalue weighted by atomic mass is 9.93. The van der Waals surface area contributed by atoms with Crippen molar-refractivity contribution < 1.29 is 19.0 Å². The second-order valence-corrected chi connectivity index (χ2v) is 7.64. The van der Waals surface area contributed by atoms with Crippen LogP contribution >= 0.6 is 0 Å². The fraction of sp³-hybridized carbons (Fsp3) is 0.435. The van der Waals surface area contributed by atoms with E-state index in [0.29, 0.717) is 24.4 Å². The van der Waals surface area contributed by atoms with Crippen molar-refractivity contribution in [3.63, 3.8) is 0 Å². The minimum atomic E-state index is -0.295. The van der Waals surface area contributed by atoms with Crippen molar-refractivity contribution in [2.75, 3.05) is 20.2 Å². The number of halogens is 1. The first-order valence-electron chi connectivity index (χ1n) is 10.1. The van der Waals surface area contributed by atoms with Crippen LogP contribution in [-0.4, -0.2) is 36.1 Å². The van der Waals surface area contributed by atoms with Crippen LogP contribution in [0.25, 0.3) is 0 Å². The second-order valence-electron chi connectivity index (χ2n) is 7.64. The van der Waals surface area contributed by atoms with E-state index in [2.05, 4.69) is 10.2 Å². The molecule has 0 aromatic heterocycles. The molecule has 3 rings (SSSR count). The zero-order valence-electron chi connectivity index (χ0n) is 16.9. The lowest BCUT2D eigenvalue weighted by Gasteiger charge is -2.33. The Morgan fingerprint density at radius 2 is 2.10 bits per heavy atom. The number of likely N-dealkylation sites (tertiary alicyclic amines) is 1. The monoisotopic (exact) mass is 400 g/mol. The summed E-state index contributed by atoms with van der Waals surface area (Å²) in [7, 11) is 1.62. The van der Waals surface area contributed by atoms with Gasteiger partial charge in [0.1, 0.15) is 17.3 Å². The number of methoxy groups -OCH3 is 1. The highest BCUT2D eigenvalue weighted by Crippen LogP contribution is 2.27. The molecule has 5 nitrogen and oxygen atoms in total. The van der Waals surface area contributed by atoms with Crippen molar-refractivity contribution in [2.45, 2.75) is 38.8 Å². The summed E-state index contributed by atoms with van der Waals surface area (Å²) >= 11 is 0. The van der Waals surface area contributed by atoms with Crippen LogP contribution < -0.4 is 10.1 Å². The Morgan fingerprint density at radius 1 is 1.28 bits per heavy atom. The van der Waals surface area contributed by atoms with E-state index in [1.165, 1.54) is 6.07 Å². The summed E-state index contributed by atoms with van der Waals surface area (Å²) in [6.45, 7) is 2.76. The van der Waals surface area contributed by atoms with Crippen LogP contribution in [0.5, 0.6) is 11.5 Å².